The fraction of sp³-hybridized carbons (Fsp3) is 0.0526. The van der Waals surface area contributed by atoms with Crippen LogP contribution in [0.3, 0.4) is 0 Å². The minimum atomic E-state index is -3.80. The Morgan fingerprint density at radius 1 is 1.10 bits per heavy atom. The normalized spacial score (nSPS) is 11.4. The van der Waals surface area contributed by atoms with E-state index >= 15 is 0 Å². The molecule has 0 saturated heterocycles. The Balaban J connectivity index is 1.58. The van der Waals surface area contributed by atoms with Crippen molar-refractivity contribution in [3.8, 4) is 28.6 Å². The van der Waals surface area contributed by atoms with Crippen LogP contribution in [0.25, 0.3) is 22.8 Å². The van der Waals surface area contributed by atoms with Gasteiger partial charge in [-0.15, -0.1) is 11.3 Å². The molecule has 0 aliphatic heterocycles. The number of benzene rings is 2. The molecule has 0 aliphatic carbocycles. The van der Waals surface area contributed by atoms with Crippen LogP contribution in [0.1, 0.15) is 0 Å². The first-order valence-electron chi connectivity index (χ1n) is 8.30. The summed E-state index contributed by atoms with van der Waals surface area (Å²) in [6.07, 6.45) is 0. The lowest BCUT2D eigenvalue weighted by Crippen LogP contribution is -2.11. The summed E-state index contributed by atoms with van der Waals surface area (Å²) in [5.41, 5.74) is 1.30. The third-order valence-corrected chi connectivity index (χ3v) is 6.74. The molecule has 4 aromatic rings. The van der Waals surface area contributed by atoms with E-state index in [0.29, 0.717) is 22.6 Å². The summed E-state index contributed by atoms with van der Waals surface area (Å²) in [4.78, 5) is 4.22. The van der Waals surface area contributed by atoms with E-state index in [2.05, 4.69) is 14.9 Å². The van der Waals surface area contributed by atoms with Crippen LogP contribution in [0.4, 0.5) is 10.1 Å². The average molecular weight is 431 g/mol. The number of sulfonamides is 1. The van der Waals surface area contributed by atoms with Gasteiger partial charge in [-0.25, -0.2) is 12.8 Å². The SMILES string of the molecule is COc1cccc(NS(=O)(=O)c2cc(-c3nc(-c4cccc(F)c4)no3)cs2)c1. The van der Waals surface area contributed by atoms with Crippen LogP contribution in [0.2, 0.25) is 0 Å². The quantitative estimate of drug-likeness (QED) is 0.486. The van der Waals surface area contributed by atoms with Crippen LogP contribution < -0.4 is 9.46 Å². The molecule has 0 amide bonds. The highest BCUT2D eigenvalue weighted by Gasteiger charge is 2.20. The molecule has 0 radical (unpaired) electrons. The molecule has 0 fully saturated rings. The molecule has 0 aliphatic rings. The lowest BCUT2D eigenvalue weighted by molar-refractivity contribution is 0.415. The Labute approximate surface area is 169 Å². The number of hydrogen-bond acceptors (Lipinski definition) is 7. The van der Waals surface area contributed by atoms with Crippen LogP contribution in [0.15, 0.2) is 68.7 Å². The molecular formula is C19H14FN3O4S2. The summed E-state index contributed by atoms with van der Waals surface area (Å²) in [5, 5.41) is 5.44. The van der Waals surface area contributed by atoms with Gasteiger partial charge >= 0.3 is 0 Å². The van der Waals surface area contributed by atoms with Gasteiger partial charge in [-0.2, -0.15) is 4.98 Å². The lowest BCUT2D eigenvalue weighted by Gasteiger charge is -2.07. The highest BCUT2D eigenvalue weighted by molar-refractivity contribution is 7.94. The van der Waals surface area contributed by atoms with Gasteiger partial charge < -0.3 is 9.26 Å². The monoisotopic (exact) mass is 431 g/mol. The largest absolute Gasteiger partial charge is 0.497 e. The van der Waals surface area contributed by atoms with Crippen molar-refractivity contribution in [2.75, 3.05) is 11.8 Å². The molecule has 4 rings (SSSR count). The van der Waals surface area contributed by atoms with Crippen molar-refractivity contribution < 1.29 is 22.1 Å². The number of nitrogens with zero attached hydrogens (tertiary/aromatic N) is 2. The summed E-state index contributed by atoms with van der Waals surface area (Å²) in [7, 11) is -2.30. The summed E-state index contributed by atoms with van der Waals surface area (Å²) in [6, 6.07) is 13.8. The van der Waals surface area contributed by atoms with Gasteiger partial charge in [0.15, 0.2) is 0 Å². The number of halogens is 1. The molecule has 1 N–H and O–H groups in total. The summed E-state index contributed by atoms with van der Waals surface area (Å²) >= 11 is 1.02. The first kappa shape index (κ1) is 19.1. The van der Waals surface area contributed by atoms with Crippen molar-refractivity contribution >= 4 is 27.0 Å². The average Bonchev–Trinajstić information content (AvgIpc) is 3.38. The van der Waals surface area contributed by atoms with E-state index in [1.165, 1.54) is 25.3 Å². The van der Waals surface area contributed by atoms with Crippen LogP contribution in [0.5, 0.6) is 5.75 Å². The molecule has 10 heteroatoms. The number of rotatable bonds is 6. The summed E-state index contributed by atoms with van der Waals surface area (Å²) in [5.74, 6) is 0.474. The molecule has 7 nitrogen and oxygen atoms in total. The van der Waals surface area contributed by atoms with Crippen LogP contribution >= 0.6 is 11.3 Å². The number of thiophene rings is 1. The lowest BCUT2D eigenvalue weighted by atomic mass is 10.2. The maximum absolute atomic E-state index is 13.4. The van der Waals surface area contributed by atoms with Crippen LogP contribution in [0, 0.1) is 5.82 Å². The fourth-order valence-electron chi connectivity index (χ4n) is 2.55. The van der Waals surface area contributed by atoms with E-state index in [4.69, 9.17) is 9.26 Å². The van der Waals surface area contributed by atoms with Gasteiger partial charge in [0.25, 0.3) is 15.9 Å². The molecule has 0 atom stereocenters. The third kappa shape index (κ3) is 4.13. The Morgan fingerprint density at radius 2 is 1.93 bits per heavy atom. The molecule has 148 valence electrons. The van der Waals surface area contributed by atoms with Crippen molar-refractivity contribution in [2.24, 2.45) is 0 Å². The number of anilines is 1. The van der Waals surface area contributed by atoms with Crippen LogP contribution in [-0.2, 0) is 10.0 Å². The van der Waals surface area contributed by atoms with E-state index in [9.17, 15) is 12.8 Å². The number of aromatic nitrogens is 2. The second kappa shape index (κ2) is 7.64. The molecule has 2 aromatic heterocycles. The van der Waals surface area contributed by atoms with Gasteiger partial charge in [0.1, 0.15) is 15.8 Å². The van der Waals surface area contributed by atoms with Gasteiger partial charge in [-0.05, 0) is 30.3 Å². The minimum Gasteiger partial charge on any atom is -0.497 e. The molecular weight excluding hydrogens is 417 g/mol. The predicted molar refractivity (Wildman–Crippen MR) is 107 cm³/mol. The second-order valence-electron chi connectivity index (χ2n) is 5.93. The van der Waals surface area contributed by atoms with Gasteiger partial charge in [-0.3, -0.25) is 4.72 Å². The van der Waals surface area contributed by atoms with Gasteiger partial charge in [0.2, 0.25) is 5.82 Å². The number of hydrogen-bond donors (Lipinski definition) is 1. The van der Waals surface area contributed by atoms with Gasteiger partial charge in [0, 0.05) is 17.0 Å². The second-order valence-corrected chi connectivity index (χ2v) is 8.75. The Morgan fingerprint density at radius 3 is 2.72 bits per heavy atom. The first-order valence-corrected chi connectivity index (χ1v) is 10.7. The van der Waals surface area contributed by atoms with E-state index in [1.54, 1.807) is 41.8 Å². The van der Waals surface area contributed by atoms with Crippen molar-refractivity contribution in [2.45, 2.75) is 4.21 Å². The van der Waals surface area contributed by atoms with E-state index in [0.717, 1.165) is 11.3 Å². The van der Waals surface area contributed by atoms with Crippen LogP contribution in [-0.4, -0.2) is 25.7 Å². The molecule has 0 saturated carbocycles. The first-order chi connectivity index (χ1) is 13.9. The number of nitrogens with one attached hydrogen (secondary N) is 1. The molecule has 0 spiro atoms. The fourth-order valence-corrected chi connectivity index (χ4v) is 4.75. The molecule has 29 heavy (non-hydrogen) atoms. The van der Waals surface area contributed by atoms with E-state index in [1.807, 2.05) is 0 Å². The van der Waals surface area contributed by atoms with Gasteiger partial charge in [0.05, 0.1) is 18.4 Å². The van der Waals surface area contributed by atoms with Crippen molar-refractivity contribution in [3.63, 3.8) is 0 Å². The Hall–Kier alpha value is -3.24. The maximum atomic E-state index is 13.4. The maximum Gasteiger partial charge on any atom is 0.271 e. The Kier molecular flexibility index (Phi) is 5.03. The topological polar surface area (TPSA) is 94.3 Å². The predicted octanol–water partition coefficient (Wildman–Crippen LogP) is 4.41. The minimum absolute atomic E-state index is 0.0841. The molecule has 0 bridgehead atoms. The zero-order chi connectivity index (χ0) is 20.4. The zero-order valence-electron chi connectivity index (χ0n) is 15.0. The standard InChI is InChI=1S/C19H14FN3O4S2/c1-26-16-7-3-6-15(10-16)23-29(24,25)17-9-13(11-28-17)19-21-18(22-27-19)12-4-2-5-14(20)8-12/h2-11,23H,1H3. The number of methoxy groups -OCH3 is 1. The van der Waals surface area contributed by atoms with Crippen molar-refractivity contribution in [1.82, 2.24) is 10.1 Å². The molecule has 2 heterocycles. The van der Waals surface area contributed by atoms with E-state index in [-0.39, 0.29) is 15.9 Å². The van der Waals surface area contributed by atoms with E-state index < -0.39 is 15.8 Å². The van der Waals surface area contributed by atoms with Crippen molar-refractivity contribution in [3.05, 3.63) is 65.8 Å². The molecule has 2 aromatic carbocycles. The van der Waals surface area contributed by atoms with Gasteiger partial charge in [-0.1, -0.05) is 23.4 Å². The number of ether oxygens (including phenoxy) is 1. The summed E-state index contributed by atoms with van der Waals surface area (Å²) in [6.45, 7) is 0. The summed E-state index contributed by atoms with van der Waals surface area (Å²) < 4.78 is 51.6. The highest BCUT2D eigenvalue weighted by atomic mass is 32.2. The third-order valence-electron chi connectivity index (χ3n) is 3.92. The van der Waals surface area contributed by atoms with Crippen molar-refractivity contribution in [1.29, 1.82) is 0 Å². The highest BCUT2D eigenvalue weighted by Crippen LogP contribution is 2.30. The Bertz CT molecular complexity index is 1270. The smallest absolute Gasteiger partial charge is 0.271 e. The zero-order valence-corrected chi connectivity index (χ0v) is 16.6. The molecule has 0 unspecified atom stereocenters.